The molecule has 2 aromatic rings. The molecular weight excluding hydrogens is 364 g/mol. The second-order valence-corrected chi connectivity index (χ2v) is 8.92. The smallest absolute Gasteiger partial charge is 0.238 e. The minimum absolute atomic E-state index is 0.0443. The zero-order valence-electron chi connectivity index (χ0n) is 13.5. The van der Waals surface area contributed by atoms with Crippen LogP contribution in [0.4, 0.5) is 0 Å². The third kappa shape index (κ3) is 3.16. The van der Waals surface area contributed by atoms with E-state index in [4.69, 9.17) is 10.3 Å². The van der Waals surface area contributed by atoms with Gasteiger partial charge in [-0.2, -0.15) is 5.10 Å². The molecule has 4 N–H and O–H groups in total. The van der Waals surface area contributed by atoms with Crippen molar-refractivity contribution in [2.75, 3.05) is 14.1 Å². The van der Waals surface area contributed by atoms with Gasteiger partial charge < -0.3 is 5.01 Å². The number of fused-ring (bicyclic) bond motifs is 3. The molecule has 0 bridgehead atoms. The van der Waals surface area contributed by atoms with Crippen molar-refractivity contribution >= 4 is 25.8 Å². The molecule has 1 aliphatic rings. The molecule has 0 amide bonds. The fourth-order valence-corrected chi connectivity index (χ4v) is 3.79. The highest BCUT2D eigenvalue weighted by atomic mass is 32.2. The van der Waals surface area contributed by atoms with Crippen LogP contribution in [0.25, 0.3) is 11.1 Å². The first kappa shape index (κ1) is 17.5. The summed E-state index contributed by atoms with van der Waals surface area (Å²) in [5.41, 5.74) is 3.04. The normalized spacial score (nSPS) is 13.4. The molecular formula is C15H16N4O4S2. The molecule has 0 saturated carbocycles. The first-order valence-corrected chi connectivity index (χ1v) is 10.2. The molecule has 0 fully saturated rings. The molecule has 10 heteroatoms. The summed E-state index contributed by atoms with van der Waals surface area (Å²) in [6, 6.07) is 8.94. The van der Waals surface area contributed by atoms with Crippen LogP contribution in [0.5, 0.6) is 0 Å². The number of nitrogens with two attached hydrogens (primary N) is 2. The number of primary sulfonamides is 2. The second-order valence-electron chi connectivity index (χ2n) is 5.80. The topological polar surface area (TPSA) is 136 Å². The van der Waals surface area contributed by atoms with Crippen LogP contribution in [0.1, 0.15) is 11.1 Å². The van der Waals surface area contributed by atoms with Gasteiger partial charge in [-0.3, -0.25) is 0 Å². The van der Waals surface area contributed by atoms with Crippen LogP contribution in [0, 0.1) is 0 Å². The number of hydrogen-bond donors (Lipinski definition) is 2. The molecule has 0 heterocycles. The van der Waals surface area contributed by atoms with Crippen molar-refractivity contribution in [3.63, 3.8) is 0 Å². The number of nitrogens with zero attached hydrogens (tertiary/aromatic N) is 2. The van der Waals surface area contributed by atoms with Gasteiger partial charge in [-0.1, -0.05) is 12.1 Å². The summed E-state index contributed by atoms with van der Waals surface area (Å²) < 4.78 is 46.6. The predicted molar refractivity (Wildman–Crippen MR) is 94.0 cm³/mol. The van der Waals surface area contributed by atoms with Crippen LogP contribution in [0.3, 0.4) is 0 Å². The summed E-state index contributed by atoms with van der Waals surface area (Å²) >= 11 is 0. The van der Waals surface area contributed by atoms with Gasteiger partial charge in [0.25, 0.3) is 0 Å². The maximum absolute atomic E-state index is 11.7. The first-order valence-electron chi connectivity index (χ1n) is 7.09. The quantitative estimate of drug-likeness (QED) is 0.629. The van der Waals surface area contributed by atoms with Crippen molar-refractivity contribution in [2.45, 2.75) is 9.79 Å². The Morgan fingerprint density at radius 2 is 1.16 bits per heavy atom. The fourth-order valence-electron chi connectivity index (χ4n) is 2.72. The maximum atomic E-state index is 11.7. The SMILES string of the molecule is CN(C)N=C1c2cc(S(N)(=O)=O)ccc2-c2ccc(S(N)(=O)=O)cc21. The van der Waals surface area contributed by atoms with E-state index in [0.717, 1.165) is 11.1 Å². The minimum atomic E-state index is -3.88. The lowest BCUT2D eigenvalue weighted by Gasteiger charge is -2.09. The molecule has 0 aliphatic heterocycles. The van der Waals surface area contributed by atoms with Crippen LogP contribution in [-0.4, -0.2) is 41.7 Å². The molecule has 0 unspecified atom stereocenters. The van der Waals surface area contributed by atoms with Crippen LogP contribution < -0.4 is 10.3 Å². The molecule has 132 valence electrons. The van der Waals surface area contributed by atoms with E-state index in [1.165, 1.54) is 24.3 Å². The Balaban J connectivity index is 2.33. The Hall–Kier alpha value is -2.27. The van der Waals surface area contributed by atoms with Gasteiger partial charge in [0.1, 0.15) is 0 Å². The molecule has 3 rings (SSSR count). The molecule has 0 radical (unpaired) electrons. The lowest BCUT2D eigenvalue weighted by molar-refractivity contribution is 0.438. The molecule has 0 spiro atoms. The number of rotatable bonds is 3. The van der Waals surface area contributed by atoms with E-state index in [-0.39, 0.29) is 9.79 Å². The van der Waals surface area contributed by atoms with Crippen molar-refractivity contribution < 1.29 is 16.8 Å². The Bertz CT molecular complexity index is 1040. The highest BCUT2D eigenvalue weighted by molar-refractivity contribution is 7.89. The fraction of sp³-hybridized carbons (Fsp3) is 0.133. The zero-order valence-corrected chi connectivity index (χ0v) is 15.1. The summed E-state index contributed by atoms with van der Waals surface area (Å²) in [7, 11) is -4.35. The van der Waals surface area contributed by atoms with Gasteiger partial charge in [-0.15, -0.1) is 0 Å². The zero-order chi connectivity index (χ0) is 18.6. The minimum Gasteiger partial charge on any atom is -0.303 e. The van der Waals surface area contributed by atoms with Gasteiger partial charge in [-0.25, -0.2) is 27.1 Å². The molecule has 0 atom stereocenters. The number of sulfonamides is 2. The van der Waals surface area contributed by atoms with Crippen molar-refractivity contribution in [3.8, 4) is 11.1 Å². The summed E-state index contributed by atoms with van der Waals surface area (Å²) in [5.74, 6) is 0. The van der Waals surface area contributed by atoms with Crippen molar-refractivity contribution in [3.05, 3.63) is 47.5 Å². The average molecular weight is 380 g/mol. The number of benzene rings is 2. The van der Waals surface area contributed by atoms with Crippen molar-refractivity contribution in [1.82, 2.24) is 5.01 Å². The maximum Gasteiger partial charge on any atom is 0.238 e. The third-order valence-corrected chi connectivity index (χ3v) is 5.56. The van der Waals surface area contributed by atoms with Crippen LogP contribution in [0.2, 0.25) is 0 Å². The average Bonchev–Trinajstić information content (AvgIpc) is 2.78. The van der Waals surface area contributed by atoms with E-state index in [2.05, 4.69) is 5.10 Å². The van der Waals surface area contributed by atoms with Crippen LogP contribution in [0.15, 0.2) is 51.3 Å². The van der Waals surface area contributed by atoms with Gasteiger partial charge in [-0.05, 0) is 35.4 Å². The van der Waals surface area contributed by atoms with Crippen LogP contribution in [-0.2, 0) is 20.0 Å². The highest BCUT2D eigenvalue weighted by Gasteiger charge is 2.28. The first-order chi connectivity index (χ1) is 11.5. The van der Waals surface area contributed by atoms with E-state index in [0.29, 0.717) is 16.8 Å². The van der Waals surface area contributed by atoms with E-state index >= 15 is 0 Å². The highest BCUT2D eigenvalue weighted by Crippen LogP contribution is 2.39. The van der Waals surface area contributed by atoms with Crippen LogP contribution >= 0.6 is 0 Å². The monoisotopic (exact) mass is 380 g/mol. The van der Waals surface area contributed by atoms with Gasteiger partial charge in [0.2, 0.25) is 20.0 Å². The summed E-state index contributed by atoms with van der Waals surface area (Å²) in [6.07, 6.45) is 0. The molecule has 25 heavy (non-hydrogen) atoms. The predicted octanol–water partition coefficient (Wildman–Crippen LogP) is 0.276. The molecule has 0 saturated heterocycles. The number of hydrazone groups is 1. The lowest BCUT2D eigenvalue weighted by Crippen LogP contribution is -2.14. The van der Waals surface area contributed by atoms with Gasteiger partial charge in [0.05, 0.1) is 15.5 Å². The van der Waals surface area contributed by atoms with Gasteiger partial charge in [0.15, 0.2) is 0 Å². The van der Waals surface area contributed by atoms with Crippen molar-refractivity contribution in [2.24, 2.45) is 15.4 Å². The summed E-state index contributed by atoms with van der Waals surface area (Å²) in [5, 5.41) is 16.3. The Kier molecular flexibility index (Phi) is 3.95. The van der Waals surface area contributed by atoms with E-state index in [9.17, 15) is 16.8 Å². The molecule has 1 aliphatic carbocycles. The standard InChI is InChI=1S/C15H16N4O4S2/c1-19(2)18-15-13-7-9(24(16,20)21)3-5-11(13)12-6-4-10(8-14(12)15)25(17,22)23/h3-8H,1-2H3,(H2,16,20,21)(H2,17,22,23). The summed E-state index contributed by atoms with van der Waals surface area (Å²) in [4.78, 5) is -0.0886. The summed E-state index contributed by atoms with van der Waals surface area (Å²) in [6.45, 7) is 0. The Labute approximate surface area is 145 Å². The van der Waals surface area contributed by atoms with Crippen molar-refractivity contribution in [1.29, 1.82) is 0 Å². The molecule has 2 aromatic carbocycles. The van der Waals surface area contributed by atoms with Gasteiger partial charge >= 0.3 is 0 Å². The Morgan fingerprint density at radius 3 is 1.48 bits per heavy atom. The van der Waals surface area contributed by atoms with Gasteiger partial charge in [0, 0.05) is 25.2 Å². The lowest BCUT2D eigenvalue weighted by atomic mass is 10.1. The van der Waals surface area contributed by atoms with E-state index in [1.807, 2.05) is 0 Å². The van der Waals surface area contributed by atoms with E-state index < -0.39 is 20.0 Å². The second kappa shape index (κ2) is 5.63. The largest absolute Gasteiger partial charge is 0.303 e. The Morgan fingerprint density at radius 1 is 0.760 bits per heavy atom. The van der Waals surface area contributed by atoms with E-state index in [1.54, 1.807) is 31.2 Å². The third-order valence-electron chi connectivity index (χ3n) is 3.74. The number of hydrogen-bond acceptors (Lipinski definition) is 6. The molecule has 8 nitrogen and oxygen atoms in total. The molecule has 0 aromatic heterocycles.